The number of hydrogen-bond donors (Lipinski definition) is 3. The van der Waals surface area contributed by atoms with E-state index in [1.165, 1.54) is 6.26 Å². The minimum atomic E-state index is -0.500. The highest BCUT2D eigenvalue weighted by Crippen LogP contribution is 2.20. The molecule has 2 amide bonds. The SMILES string of the molecule is C[C@H](N)c1nc(C(=O)NCC(=O)Nc2ccc(-c3ccccc3)cc2)co1. The van der Waals surface area contributed by atoms with Gasteiger partial charge < -0.3 is 20.8 Å². The van der Waals surface area contributed by atoms with Crippen molar-refractivity contribution in [3.05, 3.63) is 72.4 Å². The van der Waals surface area contributed by atoms with Gasteiger partial charge >= 0.3 is 0 Å². The molecule has 0 aliphatic rings. The third-order valence-electron chi connectivity index (χ3n) is 3.83. The van der Waals surface area contributed by atoms with Crippen LogP contribution in [0.3, 0.4) is 0 Å². The standard InChI is InChI=1S/C20H20N4O3/c1-13(21)20-24-17(12-27-20)19(26)22-11-18(25)23-16-9-7-15(8-10-16)14-5-3-2-4-6-14/h2-10,12-13H,11,21H2,1H3,(H,22,26)(H,23,25)/t13-/m0/s1. The van der Waals surface area contributed by atoms with Gasteiger partial charge in [-0.1, -0.05) is 42.5 Å². The molecule has 0 bridgehead atoms. The number of nitrogens with one attached hydrogen (secondary N) is 2. The van der Waals surface area contributed by atoms with E-state index >= 15 is 0 Å². The second-order valence-corrected chi connectivity index (χ2v) is 6.03. The molecule has 0 radical (unpaired) electrons. The van der Waals surface area contributed by atoms with Gasteiger partial charge in [-0.15, -0.1) is 0 Å². The maximum absolute atomic E-state index is 12.0. The molecule has 1 atom stereocenters. The molecule has 0 aliphatic heterocycles. The number of carbonyl (C=O) groups is 2. The van der Waals surface area contributed by atoms with Crippen molar-refractivity contribution in [2.24, 2.45) is 5.73 Å². The second kappa shape index (κ2) is 8.29. The first-order chi connectivity index (χ1) is 13.0. The van der Waals surface area contributed by atoms with E-state index in [1.807, 2.05) is 54.6 Å². The number of nitrogens with zero attached hydrogens (tertiary/aromatic N) is 1. The Morgan fingerprint density at radius 3 is 2.37 bits per heavy atom. The zero-order valence-corrected chi connectivity index (χ0v) is 14.8. The van der Waals surface area contributed by atoms with Crippen LogP contribution in [0.5, 0.6) is 0 Å². The fourth-order valence-corrected chi connectivity index (χ4v) is 2.43. The van der Waals surface area contributed by atoms with Gasteiger partial charge in [-0.2, -0.15) is 0 Å². The van der Waals surface area contributed by atoms with Crippen LogP contribution >= 0.6 is 0 Å². The summed E-state index contributed by atoms with van der Waals surface area (Å²) in [6.07, 6.45) is 1.22. The molecule has 3 rings (SSSR count). The molecule has 0 saturated carbocycles. The van der Waals surface area contributed by atoms with Crippen molar-refractivity contribution in [2.45, 2.75) is 13.0 Å². The number of benzene rings is 2. The molecule has 0 saturated heterocycles. The molecule has 1 heterocycles. The third kappa shape index (κ3) is 4.80. The van der Waals surface area contributed by atoms with E-state index in [0.717, 1.165) is 11.1 Å². The maximum atomic E-state index is 12.0. The first-order valence-electron chi connectivity index (χ1n) is 8.47. The van der Waals surface area contributed by atoms with E-state index in [-0.39, 0.29) is 24.0 Å². The summed E-state index contributed by atoms with van der Waals surface area (Å²) < 4.78 is 5.10. The lowest BCUT2D eigenvalue weighted by atomic mass is 10.1. The highest BCUT2D eigenvalue weighted by atomic mass is 16.3. The van der Waals surface area contributed by atoms with E-state index in [9.17, 15) is 9.59 Å². The summed E-state index contributed by atoms with van der Waals surface area (Å²) in [6.45, 7) is 1.52. The van der Waals surface area contributed by atoms with Gasteiger partial charge in [0.1, 0.15) is 6.26 Å². The number of amides is 2. The van der Waals surface area contributed by atoms with Gasteiger partial charge in [0, 0.05) is 5.69 Å². The summed E-state index contributed by atoms with van der Waals surface area (Å²) in [5, 5.41) is 5.23. The molecule has 27 heavy (non-hydrogen) atoms. The van der Waals surface area contributed by atoms with Crippen molar-refractivity contribution in [1.82, 2.24) is 10.3 Å². The Kier molecular flexibility index (Phi) is 5.63. The van der Waals surface area contributed by atoms with Crippen LogP contribution in [-0.4, -0.2) is 23.3 Å². The Bertz CT molecular complexity index is 918. The molecule has 0 fully saturated rings. The molecule has 7 nitrogen and oxygen atoms in total. The Morgan fingerprint density at radius 2 is 1.74 bits per heavy atom. The Labute approximate surface area is 156 Å². The minimum absolute atomic E-state index is 0.0855. The number of aromatic nitrogens is 1. The van der Waals surface area contributed by atoms with E-state index in [4.69, 9.17) is 10.2 Å². The molecule has 138 valence electrons. The Balaban J connectivity index is 1.52. The van der Waals surface area contributed by atoms with E-state index < -0.39 is 11.9 Å². The van der Waals surface area contributed by atoms with Crippen molar-refractivity contribution >= 4 is 17.5 Å². The molecule has 0 aliphatic carbocycles. The second-order valence-electron chi connectivity index (χ2n) is 6.03. The molecule has 0 spiro atoms. The number of oxazole rings is 1. The summed E-state index contributed by atoms with van der Waals surface area (Å²) in [4.78, 5) is 28.0. The van der Waals surface area contributed by atoms with Gasteiger partial charge in [-0.3, -0.25) is 9.59 Å². The van der Waals surface area contributed by atoms with Crippen LogP contribution in [0.4, 0.5) is 5.69 Å². The van der Waals surface area contributed by atoms with Gasteiger partial charge in [-0.25, -0.2) is 4.98 Å². The van der Waals surface area contributed by atoms with Crippen LogP contribution in [0.25, 0.3) is 11.1 Å². The lowest BCUT2D eigenvalue weighted by Gasteiger charge is -2.07. The Morgan fingerprint density at radius 1 is 1.07 bits per heavy atom. The quantitative estimate of drug-likeness (QED) is 0.623. The molecule has 2 aromatic carbocycles. The van der Waals surface area contributed by atoms with Gasteiger partial charge in [-0.05, 0) is 30.2 Å². The van der Waals surface area contributed by atoms with Gasteiger partial charge in [0.05, 0.1) is 12.6 Å². The average Bonchev–Trinajstić information content (AvgIpc) is 3.18. The lowest BCUT2D eigenvalue weighted by Crippen LogP contribution is -2.33. The van der Waals surface area contributed by atoms with Crippen LogP contribution in [0.1, 0.15) is 29.3 Å². The molecular weight excluding hydrogens is 344 g/mol. The van der Waals surface area contributed by atoms with Crippen molar-refractivity contribution in [1.29, 1.82) is 0 Å². The topological polar surface area (TPSA) is 110 Å². The molecule has 7 heteroatoms. The fraction of sp³-hybridized carbons (Fsp3) is 0.150. The molecule has 3 aromatic rings. The monoisotopic (exact) mass is 364 g/mol. The van der Waals surface area contributed by atoms with Crippen molar-refractivity contribution < 1.29 is 14.0 Å². The third-order valence-corrected chi connectivity index (χ3v) is 3.83. The fourth-order valence-electron chi connectivity index (χ4n) is 2.43. The van der Waals surface area contributed by atoms with Crippen LogP contribution < -0.4 is 16.4 Å². The number of nitrogens with two attached hydrogens (primary N) is 1. The zero-order chi connectivity index (χ0) is 19.2. The minimum Gasteiger partial charge on any atom is -0.446 e. The highest BCUT2D eigenvalue weighted by molar-refractivity contribution is 5.98. The van der Waals surface area contributed by atoms with Gasteiger partial charge in [0.2, 0.25) is 11.8 Å². The predicted octanol–water partition coefficient (Wildman–Crippen LogP) is 2.73. The van der Waals surface area contributed by atoms with Crippen molar-refractivity contribution in [2.75, 3.05) is 11.9 Å². The summed E-state index contributed by atoms with van der Waals surface area (Å²) in [6, 6.07) is 17.0. The first kappa shape index (κ1) is 18.3. The van der Waals surface area contributed by atoms with Crippen molar-refractivity contribution in [3.8, 4) is 11.1 Å². The normalized spacial score (nSPS) is 11.6. The largest absolute Gasteiger partial charge is 0.446 e. The highest BCUT2D eigenvalue weighted by Gasteiger charge is 2.15. The van der Waals surface area contributed by atoms with Crippen LogP contribution in [-0.2, 0) is 4.79 Å². The molecule has 4 N–H and O–H groups in total. The van der Waals surface area contributed by atoms with Gasteiger partial charge in [0.25, 0.3) is 5.91 Å². The molecule has 1 aromatic heterocycles. The summed E-state index contributed by atoms with van der Waals surface area (Å²) in [5.41, 5.74) is 8.52. The summed E-state index contributed by atoms with van der Waals surface area (Å²) in [5.74, 6) is -0.574. The maximum Gasteiger partial charge on any atom is 0.273 e. The zero-order valence-electron chi connectivity index (χ0n) is 14.8. The molecular formula is C20H20N4O3. The smallest absolute Gasteiger partial charge is 0.273 e. The predicted molar refractivity (Wildman–Crippen MR) is 102 cm³/mol. The number of anilines is 1. The first-order valence-corrected chi connectivity index (χ1v) is 8.47. The Hall–Kier alpha value is -3.45. The summed E-state index contributed by atoms with van der Waals surface area (Å²) in [7, 11) is 0. The van der Waals surface area contributed by atoms with E-state index in [0.29, 0.717) is 5.69 Å². The average molecular weight is 364 g/mol. The van der Waals surface area contributed by atoms with Crippen molar-refractivity contribution in [3.63, 3.8) is 0 Å². The van der Waals surface area contributed by atoms with Crippen LogP contribution in [0.2, 0.25) is 0 Å². The van der Waals surface area contributed by atoms with Crippen LogP contribution in [0.15, 0.2) is 65.3 Å². The van der Waals surface area contributed by atoms with Crippen LogP contribution in [0, 0.1) is 0 Å². The van der Waals surface area contributed by atoms with E-state index in [1.54, 1.807) is 6.92 Å². The molecule has 0 unspecified atom stereocenters. The number of hydrogen-bond acceptors (Lipinski definition) is 5. The lowest BCUT2D eigenvalue weighted by molar-refractivity contribution is -0.115. The van der Waals surface area contributed by atoms with Gasteiger partial charge in [0.15, 0.2) is 5.69 Å². The van der Waals surface area contributed by atoms with E-state index in [2.05, 4.69) is 15.6 Å². The number of carbonyl (C=O) groups excluding carboxylic acids is 2. The summed E-state index contributed by atoms with van der Waals surface area (Å²) >= 11 is 0. The number of rotatable bonds is 6.